The van der Waals surface area contributed by atoms with E-state index in [0.717, 1.165) is 0 Å². The van der Waals surface area contributed by atoms with Crippen molar-refractivity contribution in [3.05, 3.63) is 22.1 Å². The lowest BCUT2D eigenvalue weighted by molar-refractivity contribution is -0.118. The van der Waals surface area contributed by atoms with Crippen LogP contribution in [-0.4, -0.2) is 15.6 Å². The maximum Gasteiger partial charge on any atom is 0.266 e. The Balaban J connectivity index is 3.04. The number of aromatic amines is 1. The van der Waals surface area contributed by atoms with E-state index in [-0.39, 0.29) is 17.3 Å². The molecule has 1 heterocycles. The fourth-order valence-corrected chi connectivity index (χ4v) is 0.952. The van der Waals surface area contributed by atoms with Crippen LogP contribution in [0.15, 0.2) is 10.9 Å². The van der Waals surface area contributed by atoms with E-state index in [1.807, 2.05) is 0 Å². The molecule has 0 bridgehead atoms. The molecule has 66 valence electrons. The lowest BCUT2D eigenvalue weighted by atomic mass is 10.0. The first-order valence-electron chi connectivity index (χ1n) is 3.78. The first-order chi connectivity index (χ1) is 5.52. The Hall–Kier alpha value is -1.32. The quantitative estimate of drug-likeness (QED) is 0.695. The average Bonchev–Trinajstić information content (AvgIpc) is 2.30. The molecular weight excluding hydrogens is 156 g/mol. The SMILES string of the molecule is CC(=O)C(C)c1cc(=O)n(C)[nH]1. The van der Waals surface area contributed by atoms with Gasteiger partial charge >= 0.3 is 0 Å². The molecule has 0 aliphatic heterocycles. The van der Waals surface area contributed by atoms with Crippen LogP contribution in [-0.2, 0) is 11.8 Å². The monoisotopic (exact) mass is 168 g/mol. The van der Waals surface area contributed by atoms with Gasteiger partial charge in [0.15, 0.2) is 0 Å². The van der Waals surface area contributed by atoms with Gasteiger partial charge in [-0.25, -0.2) is 0 Å². The van der Waals surface area contributed by atoms with Gasteiger partial charge in [-0.2, -0.15) is 0 Å². The van der Waals surface area contributed by atoms with E-state index in [1.165, 1.54) is 17.7 Å². The first-order valence-corrected chi connectivity index (χ1v) is 3.78. The highest BCUT2D eigenvalue weighted by atomic mass is 16.1. The summed E-state index contributed by atoms with van der Waals surface area (Å²) >= 11 is 0. The summed E-state index contributed by atoms with van der Waals surface area (Å²) in [7, 11) is 1.62. The number of nitrogens with one attached hydrogen (secondary N) is 1. The number of aryl methyl sites for hydroxylation is 1. The third-order valence-corrected chi connectivity index (χ3v) is 1.98. The predicted octanol–water partition coefficient (Wildman–Crippen LogP) is 0.406. The minimum absolute atomic E-state index is 0.0526. The Kier molecular flexibility index (Phi) is 2.17. The van der Waals surface area contributed by atoms with Gasteiger partial charge < -0.3 is 0 Å². The third-order valence-electron chi connectivity index (χ3n) is 1.98. The summed E-state index contributed by atoms with van der Waals surface area (Å²) in [5.41, 5.74) is 0.563. The molecule has 4 heteroatoms. The molecule has 0 fully saturated rings. The summed E-state index contributed by atoms with van der Waals surface area (Å²) < 4.78 is 1.36. The van der Waals surface area contributed by atoms with Gasteiger partial charge in [0.1, 0.15) is 5.78 Å². The average molecular weight is 168 g/mol. The van der Waals surface area contributed by atoms with E-state index in [2.05, 4.69) is 5.10 Å². The number of hydrogen-bond donors (Lipinski definition) is 1. The van der Waals surface area contributed by atoms with E-state index in [0.29, 0.717) is 5.69 Å². The molecule has 0 aliphatic rings. The number of Topliss-reactive ketones (excluding diaryl/α,β-unsaturated/α-hetero) is 1. The molecule has 1 aromatic heterocycles. The number of carbonyl (C=O) groups excluding carboxylic acids is 1. The molecule has 0 amide bonds. The van der Waals surface area contributed by atoms with Crippen LogP contribution in [0.5, 0.6) is 0 Å². The number of nitrogens with zero attached hydrogens (tertiary/aromatic N) is 1. The number of rotatable bonds is 2. The standard InChI is InChI=1S/C8H12N2O2/c1-5(6(2)11)7-4-8(12)10(3)9-7/h4-5,9H,1-3H3. The molecular formula is C8H12N2O2. The number of ketones is 1. The van der Waals surface area contributed by atoms with Gasteiger partial charge in [0, 0.05) is 18.8 Å². The molecule has 12 heavy (non-hydrogen) atoms. The first kappa shape index (κ1) is 8.77. The molecule has 1 atom stereocenters. The van der Waals surface area contributed by atoms with E-state index in [1.54, 1.807) is 14.0 Å². The van der Waals surface area contributed by atoms with Gasteiger partial charge in [-0.1, -0.05) is 0 Å². The molecule has 1 rings (SSSR count). The topological polar surface area (TPSA) is 54.9 Å². The summed E-state index contributed by atoms with van der Waals surface area (Å²) in [6.45, 7) is 3.28. The zero-order valence-corrected chi connectivity index (χ0v) is 7.42. The van der Waals surface area contributed by atoms with E-state index in [4.69, 9.17) is 0 Å². The molecule has 0 saturated heterocycles. The van der Waals surface area contributed by atoms with Crippen molar-refractivity contribution in [2.45, 2.75) is 19.8 Å². The van der Waals surface area contributed by atoms with Crippen LogP contribution in [0.3, 0.4) is 0 Å². The second kappa shape index (κ2) is 2.97. The lowest BCUT2D eigenvalue weighted by Gasteiger charge is -2.02. The van der Waals surface area contributed by atoms with E-state index in [9.17, 15) is 9.59 Å². The number of hydrogen-bond acceptors (Lipinski definition) is 2. The van der Waals surface area contributed by atoms with Crippen molar-refractivity contribution in [3.63, 3.8) is 0 Å². The number of aromatic nitrogens is 2. The highest BCUT2D eigenvalue weighted by Gasteiger charge is 2.12. The molecule has 0 spiro atoms. The lowest BCUT2D eigenvalue weighted by Crippen LogP contribution is -2.10. The molecule has 1 N–H and O–H groups in total. The van der Waals surface area contributed by atoms with Gasteiger partial charge in [-0.15, -0.1) is 0 Å². The highest BCUT2D eigenvalue weighted by molar-refractivity contribution is 5.82. The second-order valence-electron chi connectivity index (χ2n) is 2.94. The van der Waals surface area contributed by atoms with Gasteiger partial charge in [0.25, 0.3) is 5.56 Å². The van der Waals surface area contributed by atoms with Crippen LogP contribution in [0.4, 0.5) is 0 Å². The van der Waals surface area contributed by atoms with Crippen molar-refractivity contribution in [1.82, 2.24) is 9.78 Å². The van der Waals surface area contributed by atoms with Crippen LogP contribution in [0.2, 0.25) is 0 Å². The maximum atomic E-state index is 11.0. The summed E-state index contributed by atoms with van der Waals surface area (Å²) in [6, 6.07) is 1.45. The van der Waals surface area contributed by atoms with Crippen molar-refractivity contribution in [2.75, 3.05) is 0 Å². The zero-order chi connectivity index (χ0) is 9.30. The molecule has 0 aliphatic carbocycles. The van der Waals surface area contributed by atoms with Crippen molar-refractivity contribution in [3.8, 4) is 0 Å². The van der Waals surface area contributed by atoms with Crippen LogP contribution in [0.25, 0.3) is 0 Å². The Morgan fingerprint density at radius 1 is 1.67 bits per heavy atom. The van der Waals surface area contributed by atoms with Crippen molar-refractivity contribution in [2.24, 2.45) is 7.05 Å². The van der Waals surface area contributed by atoms with E-state index >= 15 is 0 Å². The number of carbonyl (C=O) groups is 1. The Labute approximate surface area is 70.2 Å². The molecule has 0 aromatic carbocycles. The largest absolute Gasteiger partial charge is 0.299 e. The Morgan fingerprint density at radius 3 is 2.58 bits per heavy atom. The summed E-state index contributed by atoms with van der Waals surface area (Å²) in [5.74, 6) is -0.171. The summed E-state index contributed by atoms with van der Waals surface area (Å²) in [5, 5.41) is 2.81. The van der Waals surface area contributed by atoms with Gasteiger partial charge in [-0.05, 0) is 13.8 Å². The second-order valence-corrected chi connectivity index (χ2v) is 2.94. The minimum Gasteiger partial charge on any atom is -0.299 e. The van der Waals surface area contributed by atoms with E-state index < -0.39 is 0 Å². The molecule has 1 aromatic rings. The molecule has 1 unspecified atom stereocenters. The molecule has 0 saturated carbocycles. The molecule has 0 radical (unpaired) electrons. The van der Waals surface area contributed by atoms with Gasteiger partial charge in [0.2, 0.25) is 0 Å². The Bertz CT molecular complexity index is 348. The predicted molar refractivity (Wildman–Crippen MR) is 45.1 cm³/mol. The van der Waals surface area contributed by atoms with Crippen molar-refractivity contribution in [1.29, 1.82) is 0 Å². The summed E-state index contributed by atoms with van der Waals surface area (Å²) in [6.07, 6.45) is 0. The zero-order valence-electron chi connectivity index (χ0n) is 7.42. The minimum atomic E-state index is -0.223. The fraction of sp³-hybridized carbons (Fsp3) is 0.500. The van der Waals surface area contributed by atoms with Crippen LogP contribution < -0.4 is 5.56 Å². The van der Waals surface area contributed by atoms with Crippen molar-refractivity contribution < 1.29 is 4.79 Å². The van der Waals surface area contributed by atoms with Gasteiger partial charge in [0.05, 0.1) is 5.92 Å². The third kappa shape index (κ3) is 1.47. The van der Waals surface area contributed by atoms with Crippen LogP contribution in [0, 0.1) is 0 Å². The number of H-pyrrole nitrogens is 1. The summed E-state index contributed by atoms with van der Waals surface area (Å²) in [4.78, 5) is 21.9. The fourth-order valence-electron chi connectivity index (χ4n) is 0.952. The van der Waals surface area contributed by atoms with Gasteiger partial charge in [-0.3, -0.25) is 19.4 Å². The highest BCUT2D eigenvalue weighted by Crippen LogP contribution is 2.10. The Morgan fingerprint density at radius 2 is 2.25 bits per heavy atom. The van der Waals surface area contributed by atoms with Crippen LogP contribution in [0.1, 0.15) is 25.5 Å². The van der Waals surface area contributed by atoms with Crippen molar-refractivity contribution >= 4 is 5.78 Å². The molecule has 4 nitrogen and oxygen atoms in total. The maximum absolute atomic E-state index is 11.0. The normalized spacial score (nSPS) is 12.9. The van der Waals surface area contributed by atoms with Crippen LogP contribution >= 0.6 is 0 Å². The smallest absolute Gasteiger partial charge is 0.266 e.